The van der Waals surface area contributed by atoms with Gasteiger partial charge in [0.15, 0.2) is 0 Å². The number of methoxy groups -OCH3 is 2. The molecule has 0 spiro atoms. The van der Waals surface area contributed by atoms with Crippen LogP contribution in [0, 0.1) is 6.92 Å². The van der Waals surface area contributed by atoms with Gasteiger partial charge in [0, 0.05) is 12.6 Å². The normalized spacial score (nSPS) is 14.4. The lowest BCUT2D eigenvalue weighted by molar-refractivity contribution is -0.140. The first kappa shape index (κ1) is 32.9. The molecule has 3 aromatic rings. The van der Waals surface area contributed by atoms with Crippen LogP contribution >= 0.6 is 0 Å². The number of hydrogen-bond donors (Lipinski definition) is 1. The Balaban J connectivity index is 1.76. The Morgan fingerprint density at radius 1 is 0.932 bits per heavy atom. The molecule has 0 radical (unpaired) electrons. The number of benzene rings is 3. The molecule has 236 valence electrons. The molecule has 0 saturated heterocycles. The number of nitrogens with zero attached hydrogens (tertiary/aromatic N) is 2. The van der Waals surface area contributed by atoms with Crippen LogP contribution < -0.4 is 19.1 Å². The lowest BCUT2D eigenvalue weighted by atomic mass is 9.95. The van der Waals surface area contributed by atoms with Gasteiger partial charge >= 0.3 is 0 Å². The van der Waals surface area contributed by atoms with Crippen LogP contribution in [0.3, 0.4) is 0 Å². The third-order valence-electron chi connectivity index (χ3n) is 8.04. The minimum Gasteiger partial charge on any atom is -0.497 e. The molecule has 0 unspecified atom stereocenters. The van der Waals surface area contributed by atoms with Crippen molar-refractivity contribution in [3.8, 4) is 11.5 Å². The van der Waals surface area contributed by atoms with E-state index in [1.165, 1.54) is 24.1 Å². The van der Waals surface area contributed by atoms with Crippen molar-refractivity contribution in [3.63, 3.8) is 0 Å². The quantitative estimate of drug-likeness (QED) is 0.272. The fourth-order valence-electron chi connectivity index (χ4n) is 5.66. The van der Waals surface area contributed by atoms with Crippen molar-refractivity contribution in [1.82, 2.24) is 10.2 Å². The summed E-state index contributed by atoms with van der Waals surface area (Å²) >= 11 is 0. The number of aryl methyl sites for hydroxylation is 1. The molecular formula is C34H43N3O6S. The van der Waals surface area contributed by atoms with Gasteiger partial charge in [-0.05, 0) is 73.7 Å². The highest BCUT2D eigenvalue weighted by atomic mass is 32.2. The van der Waals surface area contributed by atoms with Crippen molar-refractivity contribution in [2.24, 2.45) is 0 Å². The van der Waals surface area contributed by atoms with Crippen LogP contribution in [-0.2, 0) is 26.2 Å². The van der Waals surface area contributed by atoms with E-state index in [4.69, 9.17) is 9.47 Å². The van der Waals surface area contributed by atoms with Crippen LogP contribution in [0.4, 0.5) is 5.69 Å². The summed E-state index contributed by atoms with van der Waals surface area (Å²) in [5.74, 6) is 0.180. The van der Waals surface area contributed by atoms with E-state index in [2.05, 4.69) is 5.32 Å². The first-order chi connectivity index (χ1) is 21.2. The number of carbonyl (C=O) groups is 2. The standard InChI is InChI=1S/C34H43N3O6S/c1-5-30(34(39)35-27-14-8-6-9-15-27)36(23-26-13-12-16-28(22-26)42-3)33(38)24-37(31-21-25(2)19-20-32(31)43-4)44(40,41)29-17-10-7-11-18-29/h7,10-13,16-22,27,30H,5-6,8-9,14-15,23-24H2,1-4H3,(H,35,39)/t30-/m1/s1. The second kappa shape index (κ2) is 15.1. The van der Waals surface area contributed by atoms with Gasteiger partial charge in [-0.15, -0.1) is 0 Å². The van der Waals surface area contributed by atoms with Crippen LogP contribution in [0.15, 0.2) is 77.7 Å². The minimum absolute atomic E-state index is 0.0396. The summed E-state index contributed by atoms with van der Waals surface area (Å²) < 4.78 is 40.3. The van der Waals surface area contributed by atoms with Gasteiger partial charge in [-0.25, -0.2) is 8.42 Å². The number of carbonyl (C=O) groups excluding carboxylic acids is 2. The van der Waals surface area contributed by atoms with E-state index in [9.17, 15) is 18.0 Å². The molecule has 0 aliphatic heterocycles. The fourth-order valence-corrected chi connectivity index (χ4v) is 7.10. The summed E-state index contributed by atoms with van der Waals surface area (Å²) in [7, 11) is -1.18. The molecule has 1 N–H and O–H groups in total. The van der Waals surface area contributed by atoms with Crippen LogP contribution in [0.1, 0.15) is 56.6 Å². The average molecular weight is 622 g/mol. The van der Waals surface area contributed by atoms with Crippen LogP contribution in [0.2, 0.25) is 0 Å². The minimum atomic E-state index is -4.21. The summed E-state index contributed by atoms with van der Waals surface area (Å²) in [6.45, 7) is 3.26. The molecule has 0 bridgehead atoms. The number of nitrogens with one attached hydrogen (secondary N) is 1. The summed E-state index contributed by atoms with van der Waals surface area (Å²) in [6.07, 6.45) is 5.42. The Kier molecular flexibility index (Phi) is 11.3. The van der Waals surface area contributed by atoms with Crippen molar-refractivity contribution < 1.29 is 27.5 Å². The van der Waals surface area contributed by atoms with Gasteiger partial charge < -0.3 is 19.7 Å². The molecule has 1 aliphatic rings. The zero-order valence-corrected chi connectivity index (χ0v) is 26.8. The van der Waals surface area contributed by atoms with E-state index >= 15 is 0 Å². The van der Waals surface area contributed by atoms with E-state index in [0.29, 0.717) is 17.9 Å². The van der Waals surface area contributed by atoms with Gasteiger partial charge in [0.25, 0.3) is 10.0 Å². The van der Waals surface area contributed by atoms with E-state index in [0.717, 1.165) is 47.5 Å². The number of amides is 2. The van der Waals surface area contributed by atoms with Crippen molar-refractivity contribution in [2.45, 2.75) is 75.9 Å². The summed E-state index contributed by atoms with van der Waals surface area (Å²) in [6, 6.07) is 19.7. The van der Waals surface area contributed by atoms with E-state index < -0.39 is 28.5 Å². The lowest BCUT2D eigenvalue weighted by Gasteiger charge is -2.34. The Hall–Kier alpha value is -4.05. The SMILES string of the molecule is CC[C@H](C(=O)NC1CCCCC1)N(Cc1cccc(OC)c1)C(=O)CN(c1cc(C)ccc1OC)S(=O)(=O)c1ccccc1. The Labute approximate surface area is 261 Å². The van der Waals surface area contributed by atoms with Crippen molar-refractivity contribution in [2.75, 3.05) is 25.1 Å². The molecule has 1 saturated carbocycles. The molecule has 3 aromatic carbocycles. The molecular weight excluding hydrogens is 578 g/mol. The molecule has 10 heteroatoms. The highest BCUT2D eigenvalue weighted by Gasteiger charge is 2.35. The highest BCUT2D eigenvalue weighted by Crippen LogP contribution is 2.34. The average Bonchev–Trinajstić information content (AvgIpc) is 3.04. The third kappa shape index (κ3) is 7.91. The molecule has 44 heavy (non-hydrogen) atoms. The zero-order valence-electron chi connectivity index (χ0n) is 26.0. The maximum absolute atomic E-state index is 14.4. The smallest absolute Gasteiger partial charge is 0.264 e. The van der Waals surface area contributed by atoms with Gasteiger partial charge in [-0.3, -0.25) is 13.9 Å². The van der Waals surface area contributed by atoms with Crippen molar-refractivity contribution >= 4 is 27.5 Å². The van der Waals surface area contributed by atoms with Crippen molar-refractivity contribution in [1.29, 1.82) is 0 Å². The van der Waals surface area contributed by atoms with Gasteiger partial charge in [-0.1, -0.05) is 62.6 Å². The topological polar surface area (TPSA) is 105 Å². The number of sulfonamides is 1. The second-order valence-electron chi connectivity index (χ2n) is 11.1. The van der Waals surface area contributed by atoms with Gasteiger partial charge in [0.05, 0.1) is 24.8 Å². The maximum Gasteiger partial charge on any atom is 0.264 e. The highest BCUT2D eigenvalue weighted by molar-refractivity contribution is 7.92. The largest absolute Gasteiger partial charge is 0.497 e. The first-order valence-corrected chi connectivity index (χ1v) is 16.6. The van der Waals surface area contributed by atoms with Crippen LogP contribution in [0.25, 0.3) is 0 Å². The number of rotatable bonds is 13. The summed E-state index contributed by atoms with van der Waals surface area (Å²) in [5.41, 5.74) is 1.80. The van der Waals surface area contributed by atoms with Crippen molar-refractivity contribution in [3.05, 3.63) is 83.9 Å². The number of ether oxygens (including phenoxy) is 2. The Bertz CT molecular complexity index is 1520. The Morgan fingerprint density at radius 2 is 1.66 bits per heavy atom. The molecule has 0 heterocycles. The molecule has 1 fully saturated rings. The predicted molar refractivity (Wildman–Crippen MR) is 171 cm³/mol. The van der Waals surface area contributed by atoms with E-state index in [1.54, 1.807) is 43.5 Å². The first-order valence-electron chi connectivity index (χ1n) is 15.1. The summed E-state index contributed by atoms with van der Waals surface area (Å²) in [4.78, 5) is 29.7. The zero-order chi connectivity index (χ0) is 31.7. The lowest BCUT2D eigenvalue weighted by Crippen LogP contribution is -2.54. The van der Waals surface area contributed by atoms with Gasteiger partial charge in [0.1, 0.15) is 24.1 Å². The van der Waals surface area contributed by atoms with Crippen LogP contribution in [-0.4, -0.2) is 58.0 Å². The third-order valence-corrected chi connectivity index (χ3v) is 9.81. The van der Waals surface area contributed by atoms with Gasteiger partial charge in [-0.2, -0.15) is 0 Å². The number of hydrogen-bond acceptors (Lipinski definition) is 6. The molecule has 2 amide bonds. The second-order valence-corrected chi connectivity index (χ2v) is 13.0. The maximum atomic E-state index is 14.4. The molecule has 9 nitrogen and oxygen atoms in total. The van der Waals surface area contributed by atoms with E-state index in [-0.39, 0.29) is 29.1 Å². The van der Waals surface area contributed by atoms with Gasteiger partial charge in [0.2, 0.25) is 11.8 Å². The fraction of sp³-hybridized carbons (Fsp3) is 0.412. The molecule has 4 rings (SSSR count). The number of anilines is 1. The molecule has 0 aromatic heterocycles. The monoisotopic (exact) mass is 621 g/mol. The molecule has 1 aliphatic carbocycles. The summed E-state index contributed by atoms with van der Waals surface area (Å²) in [5, 5.41) is 3.17. The Morgan fingerprint density at radius 3 is 2.32 bits per heavy atom. The predicted octanol–water partition coefficient (Wildman–Crippen LogP) is 5.46. The molecule has 1 atom stereocenters. The van der Waals surface area contributed by atoms with Crippen LogP contribution in [0.5, 0.6) is 11.5 Å². The van der Waals surface area contributed by atoms with E-state index in [1.807, 2.05) is 38.1 Å².